The van der Waals surface area contributed by atoms with Gasteiger partial charge in [-0.3, -0.25) is 9.59 Å². The minimum atomic E-state index is -6.40. The molecule has 0 radical (unpaired) electrons. The fourth-order valence-electron chi connectivity index (χ4n) is 7.38. The van der Waals surface area contributed by atoms with Crippen molar-refractivity contribution in [3.63, 3.8) is 0 Å². The van der Waals surface area contributed by atoms with Gasteiger partial charge in [-0.05, 0) is 81.8 Å². The Morgan fingerprint density at radius 1 is 0.936 bits per heavy atom. The van der Waals surface area contributed by atoms with Gasteiger partial charge in [0.2, 0.25) is 5.91 Å². The zero-order valence-corrected chi connectivity index (χ0v) is 26.1. The van der Waals surface area contributed by atoms with Crippen LogP contribution in [-0.4, -0.2) is 68.3 Å². The van der Waals surface area contributed by atoms with E-state index >= 15 is 4.39 Å². The Kier molecular flexibility index (Phi) is 8.41. The Bertz CT molecular complexity index is 1660. The largest absolute Gasteiger partial charge is 0.481 e. The SMILES string of the molecule is CCN1CC2N(C(=O)C3CCC(C)(C(=O)O)CC3)CCC2(S(=O)(=O)c2ccc(F)cc2)c2ccc(C(F)(C(F)(F)F)C(F)(F)F)cc21. The van der Waals surface area contributed by atoms with Crippen LogP contribution in [0.4, 0.5) is 40.8 Å². The number of nitrogens with zero attached hydrogens (tertiary/aromatic N) is 2. The average Bonchev–Trinajstić information content (AvgIpc) is 3.40. The van der Waals surface area contributed by atoms with Gasteiger partial charge >= 0.3 is 24.0 Å². The van der Waals surface area contributed by atoms with Crippen molar-refractivity contribution in [1.29, 1.82) is 0 Å². The molecular weight excluding hydrogens is 664 g/mol. The number of fused-ring (bicyclic) bond motifs is 3. The first-order chi connectivity index (χ1) is 21.7. The fraction of sp³-hybridized carbons (Fsp3) is 0.548. The number of benzene rings is 2. The topological polar surface area (TPSA) is 95.0 Å². The quantitative estimate of drug-likeness (QED) is 0.274. The highest BCUT2D eigenvalue weighted by Crippen LogP contribution is 2.58. The number of anilines is 1. The molecule has 3 aliphatic rings. The maximum atomic E-state index is 15.2. The number of halogens is 8. The van der Waals surface area contributed by atoms with Crippen LogP contribution in [-0.2, 0) is 29.8 Å². The number of carbonyl (C=O) groups excluding carboxylic acids is 1. The Morgan fingerprint density at radius 3 is 2.02 bits per heavy atom. The molecule has 0 spiro atoms. The Labute approximate surface area is 265 Å². The van der Waals surface area contributed by atoms with Gasteiger partial charge in [0.25, 0.3) is 0 Å². The molecule has 2 fully saturated rings. The number of likely N-dealkylation sites (N-methyl/N-ethyl adjacent to an activating group) is 1. The van der Waals surface area contributed by atoms with Gasteiger partial charge in [-0.25, -0.2) is 17.2 Å². The number of hydrogen-bond donors (Lipinski definition) is 1. The van der Waals surface area contributed by atoms with E-state index < -0.39 is 78.1 Å². The molecule has 2 aromatic rings. The van der Waals surface area contributed by atoms with E-state index in [0.717, 1.165) is 30.3 Å². The van der Waals surface area contributed by atoms with Crippen molar-refractivity contribution >= 4 is 27.4 Å². The van der Waals surface area contributed by atoms with Crippen molar-refractivity contribution < 1.29 is 58.2 Å². The second kappa shape index (κ2) is 11.3. The van der Waals surface area contributed by atoms with Crippen molar-refractivity contribution in [2.24, 2.45) is 11.3 Å². The third kappa shape index (κ3) is 5.16. The van der Waals surface area contributed by atoms with Gasteiger partial charge in [-0.2, -0.15) is 26.3 Å². The van der Waals surface area contributed by atoms with Crippen LogP contribution in [0.5, 0.6) is 0 Å². The summed E-state index contributed by atoms with van der Waals surface area (Å²) in [7, 11) is -4.66. The minimum Gasteiger partial charge on any atom is -0.481 e. The van der Waals surface area contributed by atoms with E-state index in [4.69, 9.17) is 0 Å². The van der Waals surface area contributed by atoms with E-state index in [2.05, 4.69) is 0 Å². The molecule has 0 bridgehead atoms. The zero-order valence-electron chi connectivity index (χ0n) is 25.3. The van der Waals surface area contributed by atoms with E-state index in [9.17, 15) is 53.8 Å². The molecule has 1 saturated heterocycles. The highest BCUT2D eigenvalue weighted by molar-refractivity contribution is 7.92. The number of aliphatic carboxylic acids is 1. The van der Waals surface area contributed by atoms with Crippen LogP contribution < -0.4 is 4.90 Å². The number of alkyl halides is 7. The van der Waals surface area contributed by atoms with E-state index in [-0.39, 0.29) is 69.1 Å². The first-order valence-electron chi connectivity index (χ1n) is 14.9. The Hall–Kier alpha value is -3.43. The number of rotatable bonds is 6. The molecule has 5 rings (SSSR count). The van der Waals surface area contributed by atoms with Crippen molar-refractivity contribution in [2.45, 2.75) is 79.7 Å². The van der Waals surface area contributed by atoms with E-state index in [1.54, 1.807) is 6.92 Å². The lowest BCUT2D eigenvalue weighted by atomic mass is 9.71. The number of sulfone groups is 1. The summed E-state index contributed by atoms with van der Waals surface area (Å²) < 4.78 is 138. The molecule has 1 aliphatic carbocycles. The molecule has 16 heteroatoms. The molecule has 1 amide bonds. The molecule has 258 valence electrons. The van der Waals surface area contributed by atoms with E-state index in [0.29, 0.717) is 6.07 Å². The molecule has 2 atom stereocenters. The lowest BCUT2D eigenvalue weighted by molar-refractivity contribution is -0.348. The van der Waals surface area contributed by atoms with Crippen LogP contribution in [0.2, 0.25) is 0 Å². The summed E-state index contributed by atoms with van der Waals surface area (Å²) in [5.74, 6) is -2.89. The van der Waals surface area contributed by atoms with E-state index in [1.165, 1.54) is 16.7 Å². The molecule has 0 aromatic heterocycles. The Morgan fingerprint density at radius 2 is 1.51 bits per heavy atom. The van der Waals surface area contributed by atoms with Gasteiger partial charge in [0.05, 0.1) is 16.4 Å². The molecular formula is C31H32F8N2O5S. The van der Waals surface area contributed by atoms with Crippen molar-refractivity contribution in [1.82, 2.24) is 4.90 Å². The predicted octanol–water partition coefficient (Wildman–Crippen LogP) is 6.51. The highest BCUT2D eigenvalue weighted by Gasteiger charge is 2.74. The van der Waals surface area contributed by atoms with Gasteiger partial charge in [-0.15, -0.1) is 0 Å². The summed E-state index contributed by atoms with van der Waals surface area (Å²) in [4.78, 5) is 28.0. The Balaban J connectivity index is 1.68. The molecule has 2 heterocycles. The maximum absolute atomic E-state index is 15.2. The molecule has 2 unspecified atom stereocenters. The normalized spacial score (nSPS) is 26.9. The van der Waals surface area contributed by atoms with Crippen LogP contribution in [0.3, 0.4) is 0 Å². The number of carboxylic acid groups (broad SMARTS) is 1. The molecule has 47 heavy (non-hydrogen) atoms. The first kappa shape index (κ1) is 34.9. The third-order valence-electron chi connectivity index (χ3n) is 10.2. The summed E-state index contributed by atoms with van der Waals surface area (Å²) in [6.07, 6.45) is -12.3. The summed E-state index contributed by atoms with van der Waals surface area (Å²) >= 11 is 0. The molecule has 1 N–H and O–H groups in total. The molecule has 7 nitrogen and oxygen atoms in total. The zero-order chi connectivity index (χ0) is 35.0. The monoisotopic (exact) mass is 696 g/mol. The minimum absolute atomic E-state index is 0.0562. The third-order valence-corrected chi connectivity index (χ3v) is 12.8. The molecule has 2 aromatic carbocycles. The molecule has 1 saturated carbocycles. The standard InChI is InChI=1S/C31H32F8N2O5S/c1-3-40-17-24-28(47(45,46)21-7-5-20(32)6-8-21,14-15-41(24)25(42)18-10-12-27(2,13-11-18)26(43)44)22-9-4-19(16-23(22)40)29(33,30(34,35)36)31(37,38)39/h4-9,16,18,24H,3,10-15,17H2,1-2H3,(H,43,44). The van der Waals surface area contributed by atoms with Crippen LogP contribution in [0.1, 0.15) is 57.1 Å². The fourth-order valence-corrected chi connectivity index (χ4v) is 9.67. The van der Waals surface area contributed by atoms with Gasteiger partial charge in [0.15, 0.2) is 9.84 Å². The lowest BCUT2D eigenvalue weighted by Gasteiger charge is -2.48. The van der Waals surface area contributed by atoms with Crippen molar-refractivity contribution in [3.05, 3.63) is 59.4 Å². The van der Waals surface area contributed by atoms with Crippen molar-refractivity contribution in [3.8, 4) is 0 Å². The number of carbonyl (C=O) groups is 2. The van der Waals surface area contributed by atoms with Crippen LogP contribution in [0.15, 0.2) is 47.4 Å². The van der Waals surface area contributed by atoms with Crippen molar-refractivity contribution in [2.75, 3.05) is 24.5 Å². The average molecular weight is 697 g/mol. The van der Waals surface area contributed by atoms with Gasteiger partial charge < -0.3 is 14.9 Å². The number of hydrogen-bond acceptors (Lipinski definition) is 5. The smallest absolute Gasteiger partial charge is 0.435 e. The summed E-state index contributed by atoms with van der Waals surface area (Å²) in [6, 6.07) is 3.92. The number of amides is 1. The second-order valence-corrected chi connectivity index (χ2v) is 14.9. The van der Waals surface area contributed by atoms with Gasteiger partial charge in [0, 0.05) is 36.8 Å². The lowest BCUT2D eigenvalue weighted by Crippen LogP contribution is -2.59. The van der Waals surface area contributed by atoms with Gasteiger partial charge in [-0.1, -0.05) is 12.1 Å². The predicted molar refractivity (Wildman–Crippen MR) is 152 cm³/mol. The summed E-state index contributed by atoms with van der Waals surface area (Å²) in [6.45, 7) is 2.54. The van der Waals surface area contributed by atoms with Crippen LogP contribution in [0, 0.1) is 17.2 Å². The highest BCUT2D eigenvalue weighted by atomic mass is 32.2. The number of likely N-dealkylation sites (tertiary alicyclic amines) is 1. The van der Waals surface area contributed by atoms with E-state index in [1.807, 2.05) is 0 Å². The number of carboxylic acids is 1. The van der Waals surface area contributed by atoms with Crippen LogP contribution in [0.25, 0.3) is 0 Å². The van der Waals surface area contributed by atoms with Crippen LogP contribution >= 0.6 is 0 Å². The van der Waals surface area contributed by atoms with Gasteiger partial charge in [0.1, 0.15) is 10.6 Å². The maximum Gasteiger partial charge on any atom is 0.435 e. The second-order valence-electron chi connectivity index (χ2n) is 12.7. The summed E-state index contributed by atoms with van der Waals surface area (Å²) in [5.41, 5.74) is -9.18. The first-order valence-corrected chi connectivity index (χ1v) is 16.4. The summed E-state index contributed by atoms with van der Waals surface area (Å²) in [5, 5.41) is 9.61. The molecule has 2 aliphatic heterocycles.